The third kappa shape index (κ3) is 5.87. The maximum Gasteiger partial charge on any atom is 0.320 e. The Morgan fingerprint density at radius 3 is 2.71 bits per heavy atom. The molecule has 1 heterocycles. The summed E-state index contributed by atoms with van der Waals surface area (Å²) in [7, 11) is 0. The molecule has 0 saturated carbocycles. The molecule has 1 aliphatic heterocycles. The Morgan fingerprint density at radius 2 is 2.19 bits per heavy atom. The van der Waals surface area contributed by atoms with Crippen LogP contribution in [-0.4, -0.2) is 47.6 Å². The SMILES string of the molecule is CC=C[C@@H]1C[C@H](C(=O)O)N(CC(CCC)CNC(C)=O)C1. The average molecular weight is 296 g/mol. The van der Waals surface area contributed by atoms with Crippen LogP contribution in [0.15, 0.2) is 12.2 Å². The molecule has 5 nitrogen and oxygen atoms in total. The van der Waals surface area contributed by atoms with Crippen molar-refractivity contribution in [3.63, 3.8) is 0 Å². The highest BCUT2D eigenvalue weighted by molar-refractivity contribution is 5.74. The summed E-state index contributed by atoms with van der Waals surface area (Å²) in [6.45, 7) is 7.75. The number of likely N-dealkylation sites (tertiary alicyclic amines) is 1. The van der Waals surface area contributed by atoms with E-state index in [1.165, 1.54) is 6.92 Å². The van der Waals surface area contributed by atoms with Gasteiger partial charge in [-0.2, -0.15) is 0 Å². The molecule has 1 amide bonds. The number of carbonyl (C=O) groups excluding carboxylic acids is 1. The Labute approximate surface area is 127 Å². The zero-order valence-electron chi connectivity index (χ0n) is 13.3. The Balaban J connectivity index is 2.65. The molecule has 1 saturated heterocycles. The fourth-order valence-electron chi connectivity index (χ4n) is 3.10. The van der Waals surface area contributed by atoms with Crippen molar-refractivity contribution in [2.75, 3.05) is 19.6 Å². The smallest absolute Gasteiger partial charge is 0.320 e. The van der Waals surface area contributed by atoms with E-state index in [0.29, 0.717) is 24.8 Å². The first-order chi connectivity index (χ1) is 9.97. The molecule has 0 aromatic heterocycles. The monoisotopic (exact) mass is 296 g/mol. The van der Waals surface area contributed by atoms with Crippen LogP contribution in [0.4, 0.5) is 0 Å². The predicted octanol–water partition coefficient (Wildman–Crippen LogP) is 1.89. The van der Waals surface area contributed by atoms with Crippen LogP contribution in [-0.2, 0) is 9.59 Å². The number of allylic oxidation sites excluding steroid dienone is 1. The van der Waals surface area contributed by atoms with E-state index in [2.05, 4.69) is 23.2 Å². The molecule has 0 radical (unpaired) electrons. The Bertz CT molecular complexity index is 382. The average Bonchev–Trinajstić information content (AvgIpc) is 2.79. The molecule has 120 valence electrons. The third-order valence-electron chi connectivity index (χ3n) is 4.01. The fraction of sp³-hybridized carbons (Fsp3) is 0.750. The van der Waals surface area contributed by atoms with E-state index >= 15 is 0 Å². The van der Waals surface area contributed by atoms with Crippen molar-refractivity contribution >= 4 is 11.9 Å². The number of carboxylic acids is 1. The summed E-state index contributed by atoms with van der Waals surface area (Å²) in [5.41, 5.74) is 0. The number of hydrogen-bond donors (Lipinski definition) is 2. The zero-order valence-corrected chi connectivity index (χ0v) is 13.3. The summed E-state index contributed by atoms with van der Waals surface area (Å²) in [5.74, 6) is -0.139. The zero-order chi connectivity index (χ0) is 15.8. The normalized spacial score (nSPS) is 24.3. The van der Waals surface area contributed by atoms with Crippen LogP contribution in [0.25, 0.3) is 0 Å². The largest absolute Gasteiger partial charge is 0.480 e. The van der Waals surface area contributed by atoms with Crippen LogP contribution in [0.5, 0.6) is 0 Å². The number of carboxylic acid groups (broad SMARTS) is 1. The van der Waals surface area contributed by atoms with Crippen LogP contribution in [0.2, 0.25) is 0 Å². The lowest BCUT2D eigenvalue weighted by atomic mass is 10.0. The van der Waals surface area contributed by atoms with Crippen molar-refractivity contribution in [3.05, 3.63) is 12.2 Å². The molecule has 2 N–H and O–H groups in total. The predicted molar refractivity (Wildman–Crippen MR) is 83.0 cm³/mol. The van der Waals surface area contributed by atoms with Crippen LogP contribution >= 0.6 is 0 Å². The van der Waals surface area contributed by atoms with E-state index in [1.807, 2.05) is 13.0 Å². The van der Waals surface area contributed by atoms with Gasteiger partial charge in [0.05, 0.1) is 0 Å². The van der Waals surface area contributed by atoms with Crippen molar-refractivity contribution < 1.29 is 14.7 Å². The molecule has 0 aromatic carbocycles. The van der Waals surface area contributed by atoms with Gasteiger partial charge in [0, 0.05) is 26.6 Å². The van der Waals surface area contributed by atoms with E-state index in [9.17, 15) is 14.7 Å². The van der Waals surface area contributed by atoms with Crippen LogP contribution < -0.4 is 5.32 Å². The molecular weight excluding hydrogens is 268 g/mol. The maximum absolute atomic E-state index is 11.4. The van der Waals surface area contributed by atoms with Crippen molar-refractivity contribution in [1.82, 2.24) is 10.2 Å². The lowest BCUT2D eigenvalue weighted by Crippen LogP contribution is -2.41. The van der Waals surface area contributed by atoms with Crippen molar-refractivity contribution in [2.24, 2.45) is 11.8 Å². The minimum absolute atomic E-state index is 0.0286. The number of nitrogens with zero attached hydrogens (tertiary/aromatic N) is 1. The summed E-state index contributed by atoms with van der Waals surface area (Å²) < 4.78 is 0. The number of rotatable bonds is 8. The number of nitrogens with one attached hydrogen (secondary N) is 1. The van der Waals surface area contributed by atoms with Gasteiger partial charge in [0.2, 0.25) is 5.91 Å². The van der Waals surface area contributed by atoms with Gasteiger partial charge in [-0.3, -0.25) is 14.5 Å². The minimum atomic E-state index is -0.739. The second-order valence-corrected chi connectivity index (χ2v) is 5.92. The maximum atomic E-state index is 11.4. The quantitative estimate of drug-likeness (QED) is 0.671. The van der Waals surface area contributed by atoms with Gasteiger partial charge in [-0.25, -0.2) is 0 Å². The summed E-state index contributed by atoms with van der Waals surface area (Å²) in [6, 6.07) is -0.400. The number of aliphatic carboxylic acids is 1. The fourth-order valence-corrected chi connectivity index (χ4v) is 3.10. The van der Waals surface area contributed by atoms with Crippen LogP contribution in [0.3, 0.4) is 0 Å². The third-order valence-corrected chi connectivity index (χ3v) is 4.01. The van der Waals surface area contributed by atoms with Gasteiger partial charge in [-0.05, 0) is 31.6 Å². The van der Waals surface area contributed by atoms with Crippen LogP contribution in [0.1, 0.15) is 40.0 Å². The Morgan fingerprint density at radius 1 is 1.48 bits per heavy atom. The molecule has 0 aromatic rings. The minimum Gasteiger partial charge on any atom is -0.480 e. The summed E-state index contributed by atoms with van der Waals surface area (Å²) in [4.78, 5) is 24.6. The lowest BCUT2D eigenvalue weighted by Gasteiger charge is -2.26. The molecule has 1 unspecified atom stereocenters. The molecule has 21 heavy (non-hydrogen) atoms. The molecule has 0 aliphatic carbocycles. The molecule has 1 fully saturated rings. The van der Waals surface area contributed by atoms with Crippen molar-refractivity contribution in [2.45, 2.75) is 46.1 Å². The molecule has 3 atom stereocenters. The summed E-state index contributed by atoms with van der Waals surface area (Å²) in [5, 5.41) is 12.3. The Hall–Kier alpha value is -1.36. The Kier molecular flexibility index (Phi) is 7.43. The molecule has 0 spiro atoms. The first-order valence-electron chi connectivity index (χ1n) is 7.82. The number of hydrogen-bond acceptors (Lipinski definition) is 3. The second kappa shape index (κ2) is 8.82. The van der Waals surface area contributed by atoms with E-state index in [0.717, 1.165) is 25.9 Å². The highest BCUT2D eigenvalue weighted by Crippen LogP contribution is 2.26. The van der Waals surface area contributed by atoms with Gasteiger partial charge in [0.25, 0.3) is 0 Å². The second-order valence-electron chi connectivity index (χ2n) is 5.92. The molecule has 1 rings (SSSR count). The van der Waals surface area contributed by atoms with Crippen molar-refractivity contribution in [3.8, 4) is 0 Å². The first kappa shape index (κ1) is 17.7. The van der Waals surface area contributed by atoms with E-state index in [4.69, 9.17) is 0 Å². The van der Waals surface area contributed by atoms with E-state index in [-0.39, 0.29) is 5.91 Å². The van der Waals surface area contributed by atoms with Crippen LogP contribution in [0, 0.1) is 11.8 Å². The standard InChI is InChI=1S/C16H28N2O3/c1-4-6-13-8-15(16(20)21)18(10-13)11-14(7-5-2)9-17-12(3)19/h4,6,13-15H,5,7-11H2,1-3H3,(H,17,19)(H,20,21)/t13-,14?,15-/m1/s1. The number of carbonyl (C=O) groups is 2. The summed E-state index contributed by atoms with van der Waals surface area (Å²) in [6.07, 6.45) is 6.80. The van der Waals surface area contributed by atoms with Crippen molar-refractivity contribution in [1.29, 1.82) is 0 Å². The van der Waals surface area contributed by atoms with Gasteiger partial charge >= 0.3 is 5.97 Å². The van der Waals surface area contributed by atoms with Gasteiger partial charge in [-0.1, -0.05) is 25.5 Å². The lowest BCUT2D eigenvalue weighted by molar-refractivity contribution is -0.142. The highest BCUT2D eigenvalue weighted by atomic mass is 16.4. The highest BCUT2D eigenvalue weighted by Gasteiger charge is 2.36. The topological polar surface area (TPSA) is 69.6 Å². The molecule has 0 bridgehead atoms. The van der Waals surface area contributed by atoms with E-state index in [1.54, 1.807) is 0 Å². The molecular formula is C16H28N2O3. The van der Waals surface area contributed by atoms with Gasteiger partial charge in [0.15, 0.2) is 0 Å². The molecule has 5 heteroatoms. The molecule has 1 aliphatic rings. The van der Waals surface area contributed by atoms with Gasteiger partial charge in [0.1, 0.15) is 6.04 Å². The van der Waals surface area contributed by atoms with Gasteiger partial charge < -0.3 is 10.4 Å². The number of amides is 1. The summed E-state index contributed by atoms with van der Waals surface area (Å²) >= 11 is 0. The van der Waals surface area contributed by atoms with E-state index < -0.39 is 12.0 Å². The first-order valence-corrected chi connectivity index (χ1v) is 7.82. The van der Waals surface area contributed by atoms with Gasteiger partial charge in [-0.15, -0.1) is 0 Å².